The molecular weight excluding hydrogens is 186 g/mol. The Bertz CT molecular complexity index is 232. The second kappa shape index (κ2) is 4.80. The van der Waals surface area contributed by atoms with Crippen LogP contribution in [0.4, 0.5) is 4.79 Å². The van der Waals surface area contributed by atoms with Crippen molar-refractivity contribution in [3.63, 3.8) is 0 Å². The van der Waals surface area contributed by atoms with Crippen molar-refractivity contribution in [2.75, 3.05) is 26.7 Å². The Hall–Kier alpha value is -1.30. The number of hydrogen-bond donors (Lipinski definition) is 2. The molecule has 1 heterocycles. The second-order valence-electron chi connectivity index (χ2n) is 3.24. The van der Waals surface area contributed by atoms with Crippen molar-refractivity contribution in [3.05, 3.63) is 0 Å². The predicted molar refractivity (Wildman–Crippen MR) is 49.6 cm³/mol. The van der Waals surface area contributed by atoms with Crippen LogP contribution in [0.25, 0.3) is 0 Å². The highest BCUT2D eigenvalue weighted by atomic mass is 16.5. The molecule has 1 aliphatic rings. The normalized spacial score (nSPS) is 21.8. The van der Waals surface area contributed by atoms with E-state index in [1.165, 1.54) is 7.11 Å². The molecule has 3 N–H and O–H groups in total. The topological polar surface area (TPSA) is 84.7 Å². The summed E-state index contributed by atoms with van der Waals surface area (Å²) in [5, 5.41) is 3.11. The fourth-order valence-corrected chi connectivity index (χ4v) is 1.50. The Morgan fingerprint density at radius 2 is 2.36 bits per heavy atom. The number of ether oxygens (including phenoxy) is 1. The van der Waals surface area contributed by atoms with Gasteiger partial charge >= 0.3 is 6.09 Å². The van der Waals surface area contributed by atoms with Gasteiger partial charge in [-0.2, -0.15) is 0 Å². The first kappa shape index (κ1) is 10.8. The fourth-order valence-electron chi connectivity index (χ4n) is 1.50. The molecule has 1 rings (SSSR count). The minimum atomic E-state index is -0.366. The van der Waals surface area contributed by atoms with Crippen LogP contribution in [-0.2, 0) is 9.53 Å². The van der Waals surface area contributed by atoms with E-state index < -0.39 is 0 Å². The number of hydrogen-bond acceptors (Lipinski definition) is 4. The molecule has 0 aromatic rings. The van der Waals surface area contributed by atoms with Gasteiger partial charge in [-0.1, -0.05) is 0 Å². The molecule has 1 atom stereocenters. The van der Waals surface area contributed by atoms with Gasteiger partial charge in [-0.25, -0.2) is 4.79 Å². The van der Waals surface area contributed by atoms with Crippen molar-refractivity contribution in [1.82, 2.24) is 10.2 Å². The molecule has 0 radical (unpaired) electrons. The van der Waals surface area contributed by atoms with Gasteiger partial charge < -0.3 is 20.7 Å². The largest absolute Gasteiger partial charge is 0.453 e. The molecule has 1 saturated heterocycles. The van der Waals surface area contributed by atoms with Crippen LogP contribution in [0.1, 0.15) is 6.42 Å². The zero-order valence-corrected chi connectivity index (χ0v) is 8.16. The first-order chi connectivity index (χ1) is 6.63. The van der Waals surface area contributed by atoms with Gasteiger partial charge in [-0.05, 0) is 0 Å². The van der Waals surface area contributed by atoms with E-state index >= 15 is 0 Å². The van der Waals surface area contributed by atoms with Gasteiger partial charge in [-0.3, -0.25) is 4.79 Å². The molecule has 0 saturated carbocycles. The highest BCUT2D eigenvalue weighted by molar-refractivity contribution is 5.74. The summed E-state index contributed by atoms with van der Waals surface area (Å²) in [5.41, 5.74) is 5.06. The smallest absolute Gasteiger partial charge is 0.409 e. The van der Waals surface area contributed by atoms with E-state index in [2.05, 4.69) is 10.1 Å². The number of primary amides is 1. The van der Waals surface area contributed by atoms with Crippen molar-refractivity contribution in [3.8, 4) is 0 Å². The molecule has 0 aliphatic carbocycles. The van der Waals surface area contributed by atoms with Crippen LogP contribution in [0.3, 0.4) is 0 Å². The van der Waals surface area contributed by atoms with Crippen molar-refractivity contribution in [2.24, 2.45) is 5.73 Å². The fraction of sp³-hybridized carbons (Fsp3) is 0.750. The Morgan fingerprint density at radius 3 is 2.93 bits per heavy atom. The number of piperazine rings is 1. The Kier molecular flexibility index (Phi) is 3.70. The molecule has 0 bridgehead atoms. The third-order valence-electron chi connectivity index (χ3n) is 2.14. The van der Waals surface area contributed by atoms with Gasteiger partial charge in [0.2, 0.25) is 5.91 Å². The van der Waals surface area contributed by atoms with Crippen molar-refractivity contribution in [1.29, 1.82) is 0 Å². The van der Waals surface area contributed by atoms with Crippen molar-refractivity contribution < 1.29 is 14.3 Å². The molecule has 0 spiro atoms. The molecule has 1 aliphatic heterocycles. The maximum atomic E-state index is 11.2. The molecule has 2 amide bonds. The number of nitrogens with one attached hydrogen (secondary N) is 1. The van der Waals surface area contributed by atoms with Crippen LogP contribution in [0.15, 0.2) is 0 Å². The summed E-state index contributed by atoms with van der Waals surface area (Å²) < 4.78 is 4.59. The summed E-state index contributed by atoms with van der Waals surface area (Å²) in [6.07, 6.45) is -0.117. The monoisotopic (exact) mass is 201 g/mol. The van der Waals surface area contributed by atoms with E-state index in [0.29, 0.717) is 19.6 Å². The van der Waals surface area contributed by atoms with Gasteiger partial charge in [0.1, 0.15) is 0 Å². The number of amides is 2. The standard InChI is InChI=1S/C8H15N3O3/c1-14-8(13)11-3-2-10-6(5-11)4-7(9)12/h6,10H,2-5H2,1H3,(H2,9,12). The molecule has 6 heteroatoms. The zero-order chi connectivity index (χ0) is 10.6. The number of nitrogens with zero attached hydrogens (tertiary/aromatic N) is 1. The van der Waals surface area contributed by atoms with E-state index in [-0.39, 0.29) is 24.5 Å². The lowest BCUT2D eigenvalue weighted by atomic mass is 10.1. The van der Waals surface area contributed by atoms with E-state index in [4.69, 9.17) is 5.73 Å². The van der Waals surface area contributed by atoms with Gasteiger partial charge in [-0.15, -0.1) is 0 Å². The van der Waals surface area contributed by atoms with Crippen molar-refractivity contribution >= 4 is 12.0 Å². The number of carbonyl (C=O) groups excluding carboxylic acids is 2. The average Bonchev–Trinajstić information content (AvgIpc) is 2.16. The lowest BCUT2D eigenvalue weighted by Crippen LogP contribution is -2.53. The molecule has 1 unspecified atom stereocenters. The number of methoxy groups -OCH3 is 1. The van der Waals surface area contributed by atoms with Crippen LogP contribution >= 0.6 is 0 Å². The van der Waals surface area contributed by atoms with Crippen molar-refractivity contribution in [2.45, 2.75) is 12.5 Å². The Labute approximate surface area is 82.4 Å². The number of nitrogens with two attached hydrogens (primary N) is 1. The van der Waals surface area contributed by atoms with E-state index in [9.17, 15) is 9.59 Å². The van der Waals surface area contributed by atoms with Gasteiger partial charge in [0, 0.05) is 32.1 Å². The Morgan fingerprint density at radius 1 is 1.64 bits per heavy atom. The minimum Gasteiger partial charge on any atom is -0.453 e. The highest BCUT2D eigenvalue weighted by Crippen LogP contribution is 2.03. The molecule has 6 nitrogen and oxygen atoms in total. The summed E-state index contributed by atoms with van der Waals surface area (Å²) in [5.74, 6) is -0.366. The summed E-state index contributed by atoms with van der Waals surface area (Å²) >= 11 is 0. The van der Waals surface area contributed by atoms with Crippen LogP contribution in [0.2, 0.25) is 0 Å². The second-order valence-corrected chi connectivity index (χ2v) is 3.24. The quantitative estimate of drug-likeness (QED) is 0.594. The lowest BCUT2D eigenvalue weighted by Gasteiger charge is -2.32. The molecule has 1 fully saturated rings. The third kappa shape index (κ3) is 2.88. The van der Waals surface area contributed by atoms with E-state index in [1.54, 1.807) is 4.90 Å². The summed E-state index contributed by atoms with van der Waals surface area (Å²) in [7, 11) is 1.34. The summed E-state index contributed by atoms with van der Waals surface area (Å²) in [6.45, 7) is 1.73. The average molecular weight is 201 g/mol. The summed E-state index contributed by atoms with van der Waals surface area (Å²) in [4.78, 5) is 23.4. The minimum absolute atomic E-state index is 0.0552. The Balaban J connectivity index is 2.43. The predicted octanol–water partition coefficient (Wildman–Crippen LogP) is -1.10. The molecular formula is C8H15N3O3. The molecule has 0 aromatic carbocycles. The van der Waals surface area contributed by atoms with E-state index in [0.717, 1.165) is 0 Å². The van der Waals surface area contributed by atoms with E-state index in [1.807, 2.05) is 0 Å². The van der Waals surface area contributed by atoms with Gasteiger partial charge in [0.05, 0.1) is 7.11 Å². The SMILES string of the molecule is COC(=O)N1CCNC(CC(N)=O)C1. The zero-order valence-electron chi connectivity index (χ0n) is 8.16. The number of carbonyl (C=O) groups is 2. The molecule has 0 aromatic heterocycles. The highest BCUT2D eigenvalue weighted by Gasteiger charge is 2.24. The lowest BCUT2D eigenvalue weighted by molar-refractivity contribution is -0.118. The molecule has 80 valence electrons. The van der Waals surface area contributed by atoms with Crippen LogP contribution in [-0.4, -0.2) is 49.7 Å². The third-order valence-corrected chi connectivity index (χ3v) is 2.14. The van der Waals surface area contributed by atoms with Gasteiger partial charge in [0.25, 0.3) is 0 Å². The maximum Gasteiger partial charge on any atom is 0.409 e. The number of rotatable bonds is 2. The molecule has 14 heavy (non-hydrogen) atoms. The first-order valence-electron chi connectivity index (χ1n) is 4.48. The first-order valence-corrected chi connectivity index (χ1v) is 4.48. The van der Waals surface area contributed by atoms with Crippen LogP contribution < -0.4 is 11.1 Å². The van der Waals surface area contributed by atoms with Gasteiger partial charge in [0.15, 0.2) is 0 Å². The van der Waals surface area contributed by atoms with Crippen LogP contribution in [0.5, 0.6) is 0 Å². The summed E-state index contributed by atoms with van der Waals surface area (Å²) in [6, 6.07) is -0.0552. The van der Waals surface area contributed by atoms with Crippen LogP contribution in [0, 0.1) is 0 Å². The maximum absolute atomic E-state index is 11.2.